The molecule has 0 heterocycles. The average Bonchev–Trinajstić information content (AvgIpc) is 3.12. The molecule has 1 fully saturated rings. The quantitative estimate of drug-likeness (QED) is 0.561. The zero-order valence-corrected chi connectivity index (χ0v) is 14.0. The molecule has 0 saturated heterocycles. The fourth-order valence-corrected chi connectivity index (χ4v) is 2.91. The van der Waals surface area contributed by atoms with Crippen LogP contribution >= 0.6 is 50.7 Å². The van der Waals surface area contributed by atoms with Crippen molar-refractivity contribution in [3.8, 4) is 0 Å². The van der Waals surface area contributed by atoms with Gasteiger partial charge in [0.25, 0.3) is 5.91 Å². The molecule has 1 aliphatic carbocycles. The van der Waals surface area contributed by atoms with Gasteiger partial charge >= 0.3 is 0 Å². The number of thiocarbonyl (C=S) groups is 1. The summed E-state index contributed by atoms with van der Waals surface area (Å²) in [6, 6.07) is 5.46. The van der Waals surface area contributed by atoms with Crippen molar-refractivity contribution in [2.45, 2.75) is 18.9 Å². The van der Waals surface area contributed by atoms with Crippen LogP contribution in [0.3, 0.4) is 0 Å². The van der Waals surface area contributed by atoms with Crippen LogP contribution in [0.5, 0.6) is 0 Å². The Morgan fingerprint density at radius 2 is 2.22 bits per heavy atom. The summed E-state index contributed by atoms with van der Waals surface area (Å²) in [5.41, 5.74) is 6.29. The fourth-order valence-electron chi connectivity index (χ4n) is 1.74. The molecule has 96 valence electrons. The Bertz CT molecular complexity index is 505. The molecule has 18 heavy (non-hydrogen) atoms. The molecule has 1 saturated carbocycles. The van der Waals surface area contributed by atoms with E-state index >= 15 is 0 Å². The molecule has 0 bridgehead atoms. The summed E-state index contributed by atoms with van der Waals surface area (Å²) in [5, 5.41) is 2.92. The van der Waals surface area contributed by atoms with Gasteiger partial charge in [0, 0.05) is 8.04 Å². The second-order valence-corrected chi connectivity index (χ2v) is 6.89. The van der Waals surface area contributed by atoms with Crippen LogP contribution in [-0.2, 0) is 0 Å². The van der Waals surface area contributed by atoms with E-state index in [1.54, 1.807) is 0 Å². The number of benzene rings is 1. The Kier molecular flexibility index (Phi) is 4.60. The minimum atomic E-state index is -0.183. The van der Waals surface area contributed by atoms with Gasteiger partial charge in [0.2, 0.25) is 0 Å². The minimum Gasteiger partial charge on any atom is -0.392 e. The van der Waals surface area contributed by atoms with E-state index in [0.717, 1.165) is 20.9 Å². The lowest BCUT2D eigenvalue weighted by Gasteiger charge is -2.17. The van der Waals surface area contributed by atoms with Gasteiger partial charge in [-0.3, -0.25) is 4.79 Å². The number of amides is 1. The summed E-state index contributed by atoms with van der Waals surface area (Å²) in [5.74, 6) is 0.276. The number of hydrogen-bond acceptors (Lipinski definition) is 2. The third-order valence-corrected chi connectivity index (χ3v) is 4.48. The lowest BCUT2D eigenvalue weighted by Crippen LogP contribution is -2.45. The standard InChI is InChI=1S/C12H12BrIN2OS/c13-9-4-3-7(14)5-8(9)12(17)16-10(11(15)18)6-1-2-6/h3-6,10H,1-2H2,(H2,15,18)(H,16,17). The zero-order valence-electron chi connectivity index (χ0n) is 9.45. The zero-order chi connectivity index (χ0) is 13.3. The topological polar surface area (TPSA) is 55.1 Å². The van der Waals surface area contributed by atoms with Gasteiger partial charge in [0.15, 0.2) is 0 Å². The number of nitrogens with one attached hydrogen (secondary N) is 1. The van der Waals surface area contributed by atoms with Crippen molar-refractivity contribution in [2.75, 3.05) is 0 Å². The van der Waals surface area contributed by atoms with E-state index in [2.05, 4.69) is 43.8 Å². The molecular formula is C12H12BrIN2OS. The number of carbonyl (C=O) groups is 1. The van der Waals surface area contributed by atoms with Gasteiger partial charge in [-0.25, -0.2) is 0 Å². The van der Waals surface area contributed by atoms with Crippen molar-refractivity contribution in [1.29, 1.82) is 0 Å². The summed E-state index contributed by atoms with van der Waals surface area (Å²) in [6.07, 6.45) is 2.16. The second-order valence-electron chi connectivity index (χ2n) is 4.32. The first-order valence-electron chi connectivity index (χ1n) is 5.54. The molecule has 0 spiro atoms. The van der Waals surface area contributed by atoms with E-state index < -0.39 is 0 Å². The molecule has 1 aliphatic rings. The average molecular weight is 439 g/mol. The lowest BCUT2D eigenvalue weighted by molar-refractivity contribution is 0.0943. The summed E-state index contributed by atoms with van der Waals surface area (Å²) in [6.45, 7) is 0. The first-order valence-corrected chi connectivity index (χ1v) is 7.82. The van der Waals surface area contributed by atoms with Gasteiger partial charge in [0.05, 0.1) is 16.6 Å². The number of hydrogen-bond donors (Lipinski definition) is 2. The molecule has 0 aliphatic heterocycles. The maximum atomic E-state index is 12.2. The Labute approximate surface area is 133 Å². The monoisotopic (exact) mass is 438 g/mol. The highest BCUT2D eigenvalue weighted by Gasteiger charge is 2.34. The minimum absolute atomic E-state index is 0.134. The number of rotatable bonds is 4. The predicted molar refractivity (Wildman–Crippen MR) is 87.6 cm³/mol. The highest BCUT2D eigenvalue weighted by Crippen LogP contribution is 2.33. The largest absolute Gasteiger partial charge is 0.392 e. The van der Waals surface area contributed by atoms with Gasteiger partial charge < -0.3 is 11.1 Å². The molecule has 2 rings (SSSR count). The first kappa shape index (κ1) is 14.2. The molecule has 3 N–H and O–H groups in total. The van der Waals surface area contributed by atoms with Gasteiger partial charge in [-0.1, -0.05) is 12.2 Å². The Morgan fingerprint density at radius 3 is 2.78 bits per heavy atom. The van der Waals surface area contributed by atoms with Crippen molar-refractivity contribution in [3.63, 3.8) is 0 Å². The first-order chi connectivity index (χ1) is 8.49. The van der Waals surface area contributed by atoms with E-state index in [-0.39, 0.29) is 11.9 Å². The second kappa shape index (κ2) is 5.83. The summed E-state index contributed by atoms with van der Waals surface area (Å²) < 4.78 is 1.79. The molecule has 0 radical (unpaired) electrons. The van der Waals surface area contributed by atoms with Crippen LogP contribution in [0.2, 0.25) is 0 Å². The van der Waals surface area contributed by atoms with Crippen LogP contribution in [0.15, 0.2) is 22.7 Å². The Hall–Kier alpha value is -0.210. The van der Waals surface area contributed by atoms with Crippen molar-refractivity contribution in [3.05, 3.63) is 31.8 Å². The number of halogens is 2. The van der Waals surface area contributed by atoms with Crippen molar-refractivity contribution in [1.82, 2.24) is 5.32 Å². The molecular weight excluding hydrogens is 427 g/mol. The van der Waals surface area contributed by atoms with E-state index in [1.807, 2.05) is 18.2 Å². The van der Waals surface area contributed by atoms with Gasteiger partial charge in [-0.05, 0) is 75.5 Å². The van der Waals surface area contributed by atoms with Crippen LogP contribution < -0.4 is 11.1 Å². The predicted octanol–water partition coefficient (Wildman–Crippen LogP) is 2.85. The summed E-state index contributed by atoms with van der Waals surface area (Å²) in [4.78, 5) is 12.6. The molecule has 6 heteroatoms. The Balaban J connectivity index is 2.15. The van der Waals surface area contributed by atoms with E-state index in [9.17, 15) is 4.79 Å². The van der Waals surface area contributed by atoms with Crippen molar-refractivity contribution < 1.29 is 4.79 Å². The van der Waals surface area contributed by atoms with Crippen LogP contribution in [-0.4, -0.2) is 16.9 Å². The molecule has 3 nitrogen and oxygen atoms in total. The van der Waals surface area contributed by atoms with Gasteiger partial charge in [-0.2, -0.15) is 0 Å². The van der Waals surface area contributed by atoms with Crippen molar-refractivity contribution >= 4 is 61.6 Å². The molecule has 1 aromatic rings. The van der Waals surface area contributed by atoms with Crippen LogP contribution in [0, 0.1) is 9.49 Å². The molecule has 1 atom stereocenters. The lowest BCUT2D eigenvalue weighted by atomic mass is 10.1. The summed E-state index contributed by atoms with van der Waals surface area (Å²) >= 11 is 10.6. The third-order valence-electron chi connectivity index (χ3n) is 2.86. The fraction of sp³-hybridized carbons (Fsp3) is 0.333. The van der Waals surface area contributed by atoms with Gasteiger partial charge in [-0.15, -0.1) is 0 Å². The van der Waals surface area contributed by atoms with E-state index in [1.165, 1.54) is 0 Å². The summed E-state index contributed by atoms with van der Waals surface area (Å²) in [7, 11) is 0. The third kappa shape index (κ3) is 3.42. The van der Waals surface area contributed by atoms with Crippen LogP contribution in [0.4, 0.5) is 0 Å². The van der Waals surface area contributed by atoms with Crippen LogP contribution in [0.25, 0.3) is 0 Å². The molecule has 0 aromatic heterocycles. The maximum absolute atomic E-state index is 12.2. The Morgan fingerprint density at radius 1 is 1.56 bits per heavy atom. The number of nitrogens with two attached hydrogens (primary N) is 1. The van der Waals surface area contributed by atoms with Gasteiger partial charge in [0.1, 0.15) is 0 Å². The van der Waals surface area contributed by atoms with E-state index in [4.69, 9.17) is 18.0 Å². The molecule has 1 amide bonds. The number of carbonyl (C=O) groups excluding carboxylic acids is 1. The highest BCUT2D eigenvalue weighted by atomic mass is 127. The van der Waals surface area contributed by atoms with Crippen LogP contribution in [0.1, 0.15) is 23.2 Å². The molecule has 1 unspecified atom stereocenters. The van der Waals surface area contributed by atoms with Crippen molar-refractivity contribution in [2.24, 2.45) is 11.7 Å². The SMILES string of the molecule is NC(=S)C(NC(=O)c1cc(I)ccc1Br)C1CC1. The smallest absolute Gasteiger partial charge is 0.253 e. The molecule has 1 aromatic carbocycles. The maximum Gasteiger partial charge on any atom is 0.253 e. The highest BCUT2D eigenvalue weighted by molar-refractivity contribution is 14.1. The van der Waals surface area contributed by atoms with E-state index in [0.29, 0.717) is 16.5 Å². The normalized spacial score (nSPS) is 16.1.